The highest BCUT2D eigenvalue weighted by molar-refractivity contribution is 5.97. The van der Waals surface area contributed by atoms with Crippen LogP contribution in [0.25, 0.3) is 11.0 Å². The van der Waals surface area contributed by atoms with Gasteiger partial charge in [-0.25, -0.2) is 4.98 Å². The summed E-state index contributed by atoms with van der Waals surface area (Å²) in [6.45, 7) is 3.77. The molecule has 2 aliphatic rings. The van der Waals surface area contributed by atoms with E-state index in [4.69, 9.17) is 14.2 Å². The van der Waals surface area contributed by atoms with Gasteiger partial charge in [-0.1, -0.05) is 0 Å². The third kappa shape index (κ3) is 3.64. The smallest absolute Gasteiger partial charge is 0.254 e. The van der Waals surface area contributed by atoms with Gasteiger partial charge >= 0.3 is 0 Å². The first kappa shape index (κ1) is 19.0. The number of fused-ring (bicyclic) bond motifs is 2. The largest absolute Gasteiger partial charge is 0.484 e. The van der Waals surface area contributed by atoms with E-state index in [0.29, 0.717) is 37.6 Å². The Hall–Kier alpha value is -2.97. The summed E-state index contributed by atoms with van der Waals surface area (Å²) in [7, 11) is 1.94. The molecule has 0 unspecified atom stereocenters. The quantitative estimate of drug-likeness (QED) is 0.659. The lowest BCUT2D eigenvalue weighted by atomic mass is 10.2. The average molecular weight is 408 g/mol. The summed E-state index contributed by atoms with van der Waals surface area (Å²) in [5.74, 6) is 0.674. The molecule has 0 N–H and O–H groups in total. The van der Waals surface area contributed by atoms with E-state index in [9.17, 15) is 4.79 Å². The number of benzene rings is 1. The van der Waals surface area contributed by atoms with Gasteiger partial charge in [-0.2, -0.15) is 0 Å². The molecule has 0 aliphatic carbocycles. The molecule has 0 saturated carbocycles. The van der Waals surface area contributed by atoms with Crippen molar-refractivity contribution in [1.29, 1.82) is 0 Å². The zero-order valence-electron chi connectivity index (χ0n) is 17.0. The number of likely N-dealkylation sites (tertiary alicyclic amines) is 1. The molecular formula is C22H24N4O4. The van der Waals surface area contributed by atoms with Crippen LogP contribution in [0.4, 0.5) is 0 Å². The monoisotopic (exact) mass is 408 g/mol. The number of amides is 1. The highest BCUT2D eigenvalue weighted by Gasteiger charge is 2.40. The van der Waals surface area contributed by atoms with Crippen molar-refractivity contribution in [2.75, 3.05) is 26.3 Å². The molecule has 156 valence electrons. The Balaban J connectivity index is 1.21. The lowest BCUT2D eigenvalue weighted by molar-refractivity contribution is -0.00461. The fourth-order valence-electron chi connectivity index (χ4n) is 3.98. The van der Waals surface area contributed by atoms with Crippen molar-refractivity contribution in [3.05, 3.63) is 54.1 Å². The Labute approximate surface area is 174 Å². The molecule has 1 aromatic carbocycles. The number of nitrogens with zero attached hydrogens (tertiary/aromatic N) is 4. The lowest BCUT2D eigenvalue weighted by Crippen LogP contribution is -2.32. The maximum atomic E-state index is 13.0. The molecule has 3 aromatic rings. The molecule has 2 atom stereocenters. The van der Waals surface area contributed by atoms with Crippen LogP contribution < -0.4 is 4.74 Å². The Morgan fingerprint density at radius 2 is 1.87 bits per heavy atom. The summed E-state index contributed by atoms with van der Waals surface area (Å²) < 4.78 is 20.0. The van der Waals surface area contributed by atoms with Crippen LogP contribution in [0.1, 0.15) is 16.1 Å². The minimum Gasteiger partial charge on any atom is -0.484 e. The van der Waals surface area contributed by atoms with Gasteiger partial charge in [0.1, 0.15) is 24.1 Å². The molecule has 0 bridgehead atoms. The van der Waals surface area contributed by atoms with E-state index in [1.54, 1.807) is 17.4 Å². The second kappa shape index (κ2) is 7.70. The van der Waals surface area contributed by atoms with E-state index in [0.717, 1.165) is 16.7 Å². The van der Waals surface area contributed by atoms with Gasteiger partial charge in [-0.3, -0.25) is 9.78 Å². The van der Waals surface area contributed by atoms with Crippen LogP contribution in [-0.2, 0) is 16.5 Å². The second-order valence-electron chi connectivity index (χ2n) is 7.89. The summed E-state index contributed by atoms with van der Waals surface area (Å²) in [4.78, 5) is 23.4. The number of hydrogen-bond acceptors (Lipinski definition) is 6. The summed E-state index contributed by atoms with van der Waals surface area (Å²) in [6, 6.07) is 9.43. The van der Waals surface area contributed by atoms with Crippen LogP contribution in [0.15, 0.2) is 42.9 Å². The third-order valence-electron chi connectivity index (χ3n) is 5.65. The van der Waals surface area contributed by atoms with Crippen molar-refractivity contribution in [3.63, 3.8) is 0 Å². The van der Waals surface area contributed by atoms with Crippen molar-refractivity contribution in [2.24, 2.45) is 7.05 Å². The van der Waals surface area contributed by atoms with Crippen LogP contribution in [0.3, 0.4) is 0 Å². The standard InChI is InChI=1S/C22H24N4O4/c1-14-3-5-16(8-23-14)30-17-11-28-20-9-26(10-21(20)29-12-17)22(27)15-4-6-19-18(7-15)24-13-25(19)2/h3-8,13,17,20-21H,9-12H2,1-2H3/t20-,21-/m0/s1. The van der Waals surface area contributed by atoms with E-state index >= 15 is 0 Å². The first-order chi connectivity index (χ1) is 14.6. The summed E-state index contributed by atoms with van der Waals surface area (Å²) in [6.07, 6.45) is 2.95. The van der Waals surface area contributed by atoms with Crippen LogP contribution >= 0.6 is 0 Å². The Kier molecular flexibility index (Phi) is 4.88. The van der Waals surface area contributed by atoms with Crippen molar-refractivity contribution in [1.82, 2.24) is 19.4 Å². The Bertz CT molecular complexity index is 1050. The second-order valence-corrected chi connectivity index (χ2v) is 7.89. The van der Waals surface area contributed by atoms with Crippen LogP contribution in [-0.4, -0.2) is 70.0 Å². The minimum atomic E-state index is -0.198. The predicted molar refractivity (Wildman–Crippen MR) is 109 cm³/mol. The number of ether oxygens (including phenoxy) is 3. The van der Waals surface area contributed by atoms with E-state index in [1.165, 1.54) is 0 Å². The van der Waals surface area contributed by atoms with Crippen molar-refractivity contribution in [3.8, 4) is 5.75 Å². The highest BCUT2D eigenvalue weighted by atomic mass is 16.6. The topological polar surface area (TPSA) is 78.7 Å². The van der Waals surface area contributed by atoms with Gasteiger partial charge in [0.15, 0.2) is 0 Å². The van der Waals surface area contributed by atoms with Gasteiger partial charge in [0, 0.05) is 31.4 Å². The summed E-state index contributed by atoms with van der Waals surface area (Å²) in [5, 5.41) is 0. The van der Waals surface area contributed by atoms with Crippen LogP contribution in [0, 0.1) is 6.92 Å². The normalized spacial score (nSPS) is 22.1. The molecule has 2 saturated heterocycles. The third-order valence-corrected chi connectivity index (χ3v) is 5.65. The molecule has 1 amide bonds. The molecule has 2 aromatic heterocycles. The first-order valence-corrected chi connectivity index (χ1v) is 10.1. The molecule has 30 heavy (non-hydrogen) atoms. The van der Waals surface area contributed by atoms with E-state index < -0.39 is 0 Å². The first-order valence-electron chi connectivity index (χ1n) is 10.1. The minimum absolute atomic E-state index is 0.0265. The lowest BCUT2D eigenvalue weighted by Gasteiger charge is -2.19. The summed E-state index contributed by atoms with van der Waals surface area (Å²) in [5.41, 5.74) is 3.39. The summed E-state index contributed by atoms with van der Waals surface area (Å²) >= 11 is 0. The van der Waals surface area contributed by atoms with Crippen LogP contribution in [0.2, 0.25) is 0 Å². The predicted octanol–water partition coefficient (Wildman–Crippen LogP) is 1.96. The fraction of sp³-hybridized carbons (Fsp3) is 0.409. The SMILES string of the molecule is Cc1ccc(OC2CO[C@H]3CN(C(=O)c4ccc5c(c4)ncn5C)C[C@@H]3OC2)cn1. The van der Waals surface area contributed by atoms with Gasteiger partial charge in [0.05, 0.1) is 36.8 Å². The molecular weight excluding hydrogens is 384 g/mol. The molecule has 0 spiro atoms. The van der Waals surface area contributed by atoms with E-state index in [-0.39, 0.29) is 24.2 Å². The molecule has 0 radical (unpaired) electrons. The number of rotatable bonds is 3. The van der Waals surface area contributed by atoms with Gasteiger partial charge in [0.25, 0.3) is 5.91 Å². The number of carbonyl (C=O) groups excluding carboxylic acids is 1. The number of imidazole rings is 1. The van der Waals surface area contributed by atoms with Crippen LogP contribution in [0.5, 0.6) is 5.75 Å². The molecule has 5 rings (SSSR count). The molecule has 2 fully saturated rings. The van der Waals surface area contributed by atoms with Crippen molar-refractivity contribution in [2.45, 2.75) is 25.2 Å². The maximum absolute atomic E-state index is 13.0. The fourth-order valence-corrected chi connectivity index (χ4v) is 3.98. The zero-order chi connectivity index (χ0) is 20.7. The number of pyridine rings is 1. The van der Waals surface area contributed by atoms with Crippen molar-refractivity contribution >= 4 is 16.9 Å². The maximum Gasteiger partial charge on any atom is 0.254 e. The number of aryl methyl sites for hydroxylation is 2. The zero-order valence-corrected chi connectivity index (χ0v) is 17.0. The van der Waals surface area contributed by atoms with Gasteiger partial charge < -0.3 is 23.7 Å². The van der Waals surface area contributed by atoms with Gasteiger partial charge in [-0.15, -0.1) is 0 Å². The number of carbonyl (C=O) groups is 1. The number of aromatic nitrogens is 3. The van der Waals surface area contributed by atoms with Gasteiger partial charge in [0.2, 0.25) is 0 Å². The highest BCUT2D eigenvalue weighted by Crippen LogP contribution is 2.24. The Morgan fingerprint density at radius 3 is 2.57 bits per heavy atom. The molecule has 8 nitrogen and oxygen atoms in total. The van der Waals surface area contributed by atoms with E-state index in [2.05, 4.69) is 9.97 Å². The van der Waals surface area contributed by atoms with Crippen molar-refractivity contribution < 1.29 is 19.0 Å². The Morgan fingerprint density at radius 1 is 1.10 bits per heavy atom. The van der Waals surface area contributed by atoms with Gasteiger partial charge in [-0.05, 0) is 37.3 Å². The molecule has 2 aliphatic heterocycles. The molecule has 8 heteroatoms. The average Bonchev–Trinajstić information content (AvgIpc) is 3.29. The molecule has 4 heterocycles. The van der Waals surface area contributed by atoms with E-state index in [1.807, 2.05) is 48.9 Å². The number of hydrogen-bond donors (Lipinski definition) is 0.